The molecule has 0 aliphatic carbocycles. The molecule has 0 fully saturated rings. The van der Waals surface area contributed by atoms with Crippen molar-refractivity contribution in [1.82, 2.24) is 19.5 Å². The van der Waals surface area contributed by atoms with Crippen molar-refractivity contribution in [2.75, 3.05) is 0 Å². The van der Waals surface area contributed by atoms with Crippen molar-refractivity contribution in [2.24, 2.45) is 0 Å². The van der Waals surface area contributed by atoms with Gasteiger partial charge in [-0.3, -0.25) is 4.57 Å². The monoisotopic (exact) mass is 704 g/mol. The Morgan fingerprint density at radius 1 is 0.345 bits per heavy atom. The number of aromatic nitrogens is 4. The highest BCUT2D eigenvalue weighted by Gasteiger charge is 2.29. The maximum atomic E-state index is 5.33. The molecule has 0 N–H and O–H groups in total. The number of hydrogen-bond acceptors (Lipinski definition) is 3. The lowest BCUT2D eigenvalue weighted by atomic mass is 9.73. The number of nitrogens with zero attached hydrogens (tertiary/aromatic N) is 4. The smallest absolute Gasteiger partial charge is 0.238 e. The summed E-state index contributed by atoms with van der Waals surface area (Å²) >= 11 is 0. The van der Waals surface area contributed by atoms with Crippen molar-refractivity contribution in [3.63, 3.8) is 0 Å². The van der Waals surface area contributed by atoms with Crippen LogP contribution in [-0.2, 0) is 0 Å². The van der Waals surface area contributed by atoms with Crippen LogP contribution in [0.4, 0.5) is 0 Å². The van der Waals surface area contributed by atoms with Gasteiger partial charge in [0.2, 0.25) is 5.95 Å². The summed E-state index contributed by atoms with van der Waals surface area (Å²) in [5, 5.41) is 4.77. The number of rotatable bonds is 8. The van der Waals surface area contributed by atoms with E-state index < -0.39 is 0 Å². The van der Waals surface area contributed by atoms with E-state index >= 15 is 0 Å². The number of hydrogen-bond donors (Lipinski definition) is 0. The lowest BCUT2D eigenvalue weighted by Gasteiger charge is -2.30. The Morgan fingerprint density at radius 3 is 1.49 bits per heavy atom. The first-order valence-electron chi connectivity index (χ1n) is 18.8. The van der Waals surface area contributed by atoms with Gasteiger partial charge in [-0.05, 0) is 51.2 Å². The minimum Gasteiger partial charge on any atom is -0.278 e. The molecular weight excluding hydrogens is 669 g/mol. The van der Waals surface area contributed by atoms with Gasteiger partial charge >= 0.3 is 0 Å². The Balaban J connectivity index is 1.20. The van der Waals surface area contributed by atoms with E-state index in [1.165, 1.54) is 38.4 Å². The Kier molecular flexibility index (Phi) is 8.27. The first-order valence-corrected chi connectivity index (χ1v) is 18.8. The summed E-state index contributed by atoms with van der Waals surface area (Å²) in [6.45, 7) is 0. The summed E-state index contributed by atoms with van der Waals surface area (Å²) in [6.07, 6.45) is 0. The molecule has 260 valence electrons. The van der Waals surface area contributed by atoms with E-state index in [-0.39, 0.29) is 11.8 Å². The molecule has 1 unspecified atom stereocenters. The number of fused-ring (bicyclic) bond motifs is 5. The molecule has 0 aliphatic heterocycles. The molecule has 4 heteroatoms. The van der Waals surface area contributed by atoms with Crippen LogP contribution in [0.15, 0.2) is 206 Å². The van der Waals surface area contributed by atoms with Crippen LogP contribution in [0.2, 0.25) is 0 Å². The fourth-order valence-electron chi connectivity index (χ4n) is 8.27. The minimum absolute atomic E-state index is 0.0199. The predicted octanol–water partition coefficient (Wildman–Crippen LogP) is 12.4. The van der Waals surface area contributed by atoms with E-state index in [0.29, 0.717) is 17.6 Å². The second kappa shape index (κ2) is 14.0. The van der Waals surface area contributed by atoms with Crippen molar-refractivity contribution >= 4 is 32.6 Å². The van der Waals surface area contributed by atoms with E-state index in [0.717, 1.165) is 27.5 Å². The summed E-state index contributed by atoms with van der Waals surface area (Å²) < 4.78 is 2.20. The molecule has 4 nitrogen and oxygen atoms in total. The zero-order valence-electron chi connectivity index (χ0n) is 30.1. The lowest BCUT2D eigenvalue weighted by Crippen LogP contribution is -2.15. The first kappa shape index (κ1) is 32.5. The molecule has 0 radical (unpaired) electrons. The third kappa shape index (κ3) is 5.94. The molecule has 0 saturated carbocycles. The van der Waals surface area contributed by atoms with E-state index in [2.05, 4.69) is 193 Å². The summed E-state index contributed by atoms with van der Waals surface area (Å²) in [7, 11) is 0. The quantitative estimate of drug-likeness (QED) is 0.158. The summed E-state index contributed by atoms with van der Waals surface area (Å²) in [6, 6.07) is 73.1. The van der Waals surface area contributed by atoms with Crippen LogP contribution in [-0.4, -0.2) is 19.5 Å². The van der Waals surface area contributed by atoms with Gasteiger partial charge in [0.05, 0.1) is 11.0 Å². The third-order valence-electron chi connectivity index (χ3n) is 10.7. The molecular formula is C51H36N4. The van der Waals surface area contributed by atoms with Crippen molar-refractivity contribution in [1.29, 1.82) is 0 Å². The van der Waals surface area contributed by atoms with Gasteiger partial charge in [-0.1, -0.05) is 188 Å². The SMILES string of the molecule is c1ccc(-c2nc(-c3cccc(C(c4ccccc4)C(c4ccccc4)c4ccccc4)c3)nc(-n3c4ccccc4c4c5ccccc5ccc43)n2)cc1. The highest BCUT2D eigenvalue weighted by atomic mass is 15.2. The predicted molar refractivity (Wildman–Crippen MR) is 226 cm³/mol. The molecule has 0 aliphatic rings. The lowest BCUT2D eigenvalue weighted by molar-refractivity contribution is 0.694. The second-order valence-corrected chi connectivity index (χ2v) is 14.0. The van der Waals surface area contributed by atoms with Gasteiger partial charge in [-0.25, -0.2) is 4.98 Å². The highest BCUT2D eigenvalue weighted by Crippen LogP contribution is 2.44. The topological polar surface area (TPSA) is 43.6 Å². The second-order valence-electron chi connectivity index (χ2n) is 14.0. The summed E-state index contributed by atoms with van der Waals surface area (Å²) in [5.41, 5.74) is 8.94. The molecule has 2 heterocycles. The van der Waals surface area contributed by atoms with Crippen LogP contribution in [0, 0.1) is 0 Å². The number of para-hydroxylation sites is 1. The van der Waals surface area contributed by atoms with Crippen LogP contribution in [0.5, 0.6) is 0 Å². The molecule has 10 rings (SSSR count). The van der Waals surface area contributed by atoms with Crippen LogP contribution < -0.4 is 0 Å². The Morgan fingerprint density at radius 2 is 0.836 bits per heavy atom. The fraction of sp³-hybridized carbons (Fsp3) is 0.0392. The molecule has 1 atom stereocenters. The third-order valence-corrected chi connectivity index (χ3v) is 10.7. The Bertz CT molecular complexity index is 2880. The average molecular weight is 705 g/mol. The average Bonchev–Trinajstić information content (AvgIpc) is 3.61. The normalized spacial score (nSPS) is 12.1. The van der Waals surface area contributed by atoms with Gasteiger partial charge in [0.1, 0.15) is 0 Å². The van der Waals surface area contributed by atoms with E-state index in [4.69, 9.17) is 15.0 Å². The molecule has 8 aromatic carbocycles. The molecule has 10 aromatic rings. The Hall–Kier alpha value is -7.17. The summed E-state index contributed by atoms with van der Waals surface area (Å²) in [4.78, 5) is 15.7. The van der Waals surface area contributed by atoms with Crippen LogP contribution in [0.25, 0.3) is 61.3 Å². The maximum Gasteiger partial charge on any atom is 0.238 e. The van der Waals surface area contributed by atoms with Gasteiger partial charge in [0.25, 0.3) is 0 Å². The van der Waals surface area contributed by atoms with Crippen molar-refractivity contribution in [3.8, 4) is 28.7 Å². The molecule has 0 spiro atoms. The highest BCUT2D eigenvalue weighted by molar-refractivity contribution is 6.21. The molecule has 0 bridgehead atoms. The van der Waals surface area contributed by atoms with Gasteiger partial charge in [0, 0.05) is 33.7 Å². The molecule has 0 saturated heterocycles. The van der Waals surface area contributed by atoms with E-state index in [1.54, 1.807) is 0 Å². The van der Waals surface area contributed by atoms with Crippen LogP contribution in [0.3, 0.4) is 0 Å². The van der Waals surface area contributed by atoms with Gasteiger partial charge in [-0.15, -0.1) is 0 Å². The number of benzene rings is 8. The largest absolute Gasteiger partial charge is 0.278 e. The van der Waals surface area contributed by atoms with E-state index in [1.807, 2.05) is 18.2 Å². The van der Waals surface area contributed by atoms with Gasteiger partial charge in [-0.2, -0.15) is 9.97 Å². The maximum absolute atomic E-state index is 5.33. The van der Waals surface area contributed by atoms with Crippen LogP contribution >= 0.6 is 0 Å². The fourth-order valence-corrected chi connectivity index (χ4v) is 8.27. The van der Waals surface area contributed by atoms with Crippen molar-refractivity contribution in [3.05, 3.63) is 229 Å². The van der Waals surface area contributed by atoms with Gasteiger partial charge < -0.3 is 0 Å². The minimum atomic E-state index is 0.0199. The zero-order chi connectivity index (χ0) is 36.6. The first-order chi connectivity index (χ1) is 27.3. The molecule has 2 aromatic heterocycles. The standard InChI is InChI=1S/C51H36N4/c1-5-19-36(20-6-1)46(37-21-7-2-8-22-37)47(38-23-9-3-10-24-38)40-27-17-28-41(34-40)50-52-49(39-25-11-4-12-26-39)53-51(54-50)55-44-31-16-15-30-43(44)48-42-29-14-13-18-35(42)32-33-45(48)55/h1-34,46-47H. The summed E-state index contributed by atoms with van der Waals surface area (Å²) in [5.74, 6) is 1.93. The van der Waals surface area contributed by atoms with Gasteiger partial charge in [0.15, 0.2) is 11.6 Å². The zero-order valence-corrected chi connectivity index (χ0v) is 30.1. The van der Waals surface area contributed by atoms with Crippen LogP contribution in [0.1, 0.15) is 34.1 Å². The Labute approximate surface area is 320 Å². The molecule has 0 amide bonds. The molecule has 55 heavy (non-hydrogen) atoms. The van der Waals surface area contributed by atoms with E-state index in [9.17, 15) is 0 Å². The van der Waals surface area contributed by atoms with Crippen molar-refractivity contribution < 1.29 is 0 Å². The van der Waals surface area contributed by atoms with Crippen molar-refractivity contribution in [2.45, 2.75) is 11.8 Å².